The lowest BCUT2D eigenvalue weighted by atomic mass is 10.3. The normalized spacial score (nSPS) is 10.5. The Balaban J connectivity index is 2.18. The fourth-order valence-electron chi connectivity index (χ4n) is 1.54. The minimum absolute atomic E-state index is 0.595. The molecule has 0 saturated carbocycles. The third kappa shape index (κ3) is 2.62. The van der Waals surface area contributed by atoms with Gasteiger partial charge in [0.05, 0.1) is 0 Å². The van der Waals surface area contributed by atoms with Gasteiger partial charge in [-0.3, -0.25) is 0 Å². The second kappa shape index (κ2) is 4.97. The van der Waals surface area contributed by atoms with Crippen molar-refractivity contribution in [2.45, 2.75) is 6.92 Å². The number of aryl methyl sites for hydroxylation is 1. The molecule has 2 aromatic heterocycles. The van der Waals surface area contributed by atoms with E-state index in [0.29, 0.717) is 6.54 Å². The summed E-state index contributed by atoms with van der Waals surface area (Å²) in [4.78, 5) is 1.96. The molecule has 17 heavy (non-hydrogen) atoms. The summed E-state index contributed by atoms with van der Waals surface area (Å²) in [6, 6.07) is 7.61. The summed E-state index contributed by atoms with van der Waals surface area (Å²) in [5.41, 5.74) is 6.22. The predicted molar refractivity (Wildman–Crippen MR) is 66.8 cm³/mol. The van der Waals surface area contributed by atoms with Crippen LogP contribution in [0.15, 0.2) is 28.7 Å². The third-order valence-corrected chi connectivity index (χ3v) is 2.50. The van der Waals surface area contributed by atoms with Gasteiger partial charge in [-0.1, -0.05) is 0 Å². The van der Waals surface area contributed by atoms with Gasteiger partial charge < -0.3 is 15.1 Å². The molecule has 0 atom stereocenters. The van der Waals surface area contributed by atoms with Crippen LogP contribution in [0.25, 0.3) is 11.5 Å². The lowest BCUT2D eigenvalue weighted by Crippen LogP contribution is -2.25. The van der Waals surface area contributed by atoms with E-state index in [1.54, 1.807) is 0 Å². The van der Waals surface area contributed by atoms with Crippen molar-refractivity contribution in [3.63, 3.8) is 0 Å². The van der Waals surface area contributed by atoms with E-state index >= 15 is 0 Å². The van der Waals surface area contributed by atoms with Gasteiger partial charge in [0.1, 0.15) is 11.5 Å². The molecule has 0 fully saturated rings. The maximum absolute atomic E-state index is 5.49. The Morgan fingerprint density at radius 3 is 2.59 bits per heavy atom. The van der Waals surface area contributed by atoms with E-state index in [4.69, 9.17) is 10.2 Å². The zero-order valence-electron chi connectivity index (χ0n) is 10.1. The van der Waals surface area contributed by atoms with Crippen molar-refractivity contribution in [3.8, 4) is 11.5 Å². The molecule has 0 saturated heterocycles. The molecule has 0 aliphatic carbocycles. The van der Waals surface area contributed by atoms with Crippen LogP contribution in [0.3, 0.4) is 0 Å². The van der Waals surface area contributed by atoms with Crippen molar-refractivity contribution in [2.75, 3.05) is 25.0 Å². The van der Waals surface area contributed by atoms with Gasteiger partial charge in [0.15, 0.2) is 11.6 Å². The Morgan fingerprint density at radius 2 is 2.06 bits per heavy atom. The van der Waals surface area contributed by atoms with Gasteiger partial charge in [-0.25, -0.2) is 0 Å². The highest BCUT2D eigenvalue weighted by Crippen LogP contribution is 2.20. The molecular formula is C12H16N4O. The molecule has 5 heteroatoms. The highest BCUT2D eigenvalue weighted by atomic mass is 16.3. The van der Waals surface area contributed by atoms with Gasteiger partial charge in [-0.2, -0.15) is 0 Å². The number of nitrogens with two attached hydrogens (primary N) is 1. The van der Waals surface area contributed by atoms with Crippen LogP contribution < -0.4 is 10.6 Å². The van der Waals surface area contributed by atoms with Crippen LogP contribution in [0.2, 0.25) is 0 Å². The van der Waals surface area contributed by atoms with Gasteiger partial charge in [0.25, 0.3) is 0 Å². The molecule has 0 aliphatic rings. The third-order valence-electron chi connectivity index (χ3n) is 2.50. The maximum Gasteiger partial charge on any atom is 0.154 e. The number of hydrogen-bond donors (Lipinski definition) is 1. The van der Waals surface area contributed by atoms with Crippen molar-refractivity contribution in [3.05, 3.63) is 30.0 Å². The molecule has 0 amide bonds. The molecule has 0 spiro atoms. The molecule has 2 N–H and O–H groups in total. The molecule has 90 valence electrons. The van der Waals surface area contributed by atoms with Gasteiger partial charge in [-0.05, 0) is 31.2 Å². The molecule has 0 aromatic carbocycles. The molecule has 5 nitrogen and oxygen atoms in total. The number of furan rings is 1. The summed E-state index contributed by atoms with van der Waals surface area (Å²) < 4.78 is 5.48. The van der Waals surface area contributed by atoms with Gasteiger partial charge in [0.2, 0.25) is 0 Å². The van der Waals surface area contributed by atoms with E-state index in [1.807, 2.05) is 43.1 Å². The number of nitrogens with zero attached hydrogens (tertiary/aromatic N) is 3. The van der Waals surface area contributed by atoms with E-state index in [2.05, 4.69) is 10.2 Å². The first-order chi connectivity index (χ1) is 8.20. The number of anilines is 1. The van der Waals surface area contributed by atoms with Crippen LogP contribution >= 0.6 is 0 Å². The summed E-state index contributed by atoms with van der Waals surface area (Å²) in [6.07, 6.45) is 0. The van der Waals surface area contributed by atoms with Crippen LogP contribution in [-0.2, 0) is 0 Å². The Kier molecular flexibility index (Phi) is 3.39. The van der Waals surface area contributed by atoms with Crippen LogP contribution in [0.4, 0.5) is 5.82 Å². The highest BCUT2D eigenvalue weighted by Gasteiger charge is 2.06. The molecule has 0 aliphatic heterocycles. The molecule has 0 radical (unpaired) electrons. The van der Waals surface area contributed by atoms with Crippen molar-refractivity contribution in [1.82, 2.24) is 10.2 Å². The Bertz CT molecular complexity index is 478. The predicted octanol–water partition coefficient (Wildman–Crippen LogP) is 1.44. The standard InChI is InChI=1S/C12H16N4O/c1-9-3-5-11(17-9)10-4-6-12(15-14-10)16(2)8-7-13/h3-6H,7-8,13H2,1-2H3. The average Bonchev–Trinajstić information content (AvgIpc) is 2.76. The zero-order chi connectivity index (χ0) is 12.3. The smallest absolute Gasteiger partial charge is 0.154 e. The largest absolute Gasteiger partial charge is 0.460 e. The second-order valence-electron chi connectivity index (χ2n) is 3.90. The van der Waals surface area contributed by atoms with Crippen LogP contribution in [0.1, 0.15) is 5.76 Å². The van der Waals surface area contributed by atoms with Crippen LogP contribution in [0.5, 0.6) is 0 Å². The van der Waals surface area contributed by atoms with Crippen LogP contribution in [-0.4, -0.2) is 30.3 Å². The average molecular weight is 232 g/mol. The van der Waals surface area contributed by atoms with Gasteiger partial charge in [0, 0.05) is 20.1 Å². The number of aromatic nitrogens is 2. The highest BCUT2D eigenvalue weighted by molar-refractivity contribution is 5.53. The van der Waals surface area contributed by atoms with Gasteiger partial charge in [-0.15, -0.1) is 10.2 Å². The topological polar surface area (TPSA) is 68.2 Å². The van der Waals surface area contributed by atoms with E-state index in [9.17, 15) is 0 Å². The molecular weight excluding hydrogens is 216 g/mol. The minimum Gasteiger partial charge on any atom is -0.460 e. The first-order valence-electron chi connectivity index (χ1n) is 5.52. The summed E-state index contributed by atoms with van der Waals surface area (Å²) >= 11 is 0. The summed E-state index contributed by atoms with van der Waals surface area (Å²) in [7, 11) is 1.94. The van der Waals surface area contributed by atoms with Crippen LogP contribution in [0, 0.1) is 6.92 Å². The Labute approximate surface area is 100 Å². The first kappa shape index (κ1) is 11.6. The fraction of sp³-hybridized carbons (Fsp3) is 0.333. The first-order valence-corrected chi connectivity index (χ1v) is 5.52. The fourth-order valence-corrected chi connectivity index (χ4v) is 1.54. The van der Waals surface area contributed by atoms with E-state index in [1.165, 1.54) is 0 Å². The monoisotopic (exact) mass is 232 g/mol. The van der Waals surface area contributed by atoms with Crippen molar-refractivity contribution in [1.29, 1.82) is 0 Å². The van der Waals surface area contributed by atoms with E-state index in [0.717, 1.165) is 29.6 Å². The molecule has 0 bridgehead atoms. The Morgan fingerprint density at radius 1 is 1.24 bits per heavy atom. The maximum atomic E-state index is 5.49. The number of likely N-dealkylation sites (N-methyl/N-ethyl adjacent to an activating group) is 1. The number of hydrogen-bond acceptors (Lipinski definition) is 5. The summed E-state index contributed by atoms with van der Waals surface area (Å²) in [5, 5.41) is 8.28. The molecule has 2 heterocycles. The quantitative estimate of drug-likeness (QED) is 0.863. The summed E-state index contributed by atoms with van der Waals surface area (Å²) in [5.74, 6) is 2.41. The minimum atomic E-state index is 0.595. The van der Waals surface area contributed by atoms with Crippen molar-refractivity contribution in [2.24, 2.45) is 5.73 Å². The lowest BCUT2D eigenvalue weighted by Gasteiger charge is -2.15. The number of rotatable bonds is 4. The summed E-state index contributed by atoms with van der Waals surface area (Å²) in [6.45, 7) is 3.26. The molecule has 0 unspecified atom stereocenters. The Hall–Kier alpha value is -1.88. The zero-order valence-corrected chi connectivity index (χ0v) is 10.1. The second-order valence-corrected chi connectivity index (χ2v) is 3.90. The SMILES string of the molecule is Cc1ccc(-c2ccc(N(C)CCN)nn2)o1. The van der Waals surface area contributed by atoms with Crippen molar-refractivity contribution < 1.29 is 4.42 Å². The van der Waals surface area contributed by atoms with E-state index < -0.39 is 0 Å². The molecule has 2 rings (SSSR count). The van der Waals surface area contributed by atoms with Gasteiger partial charge >= 0.3 is 0 Å². The van der Waals surface area contributed by atoms with E-state index in [-0.39, 0.29) is 0 Å². The van der Waals surface area contributed by atoms with Crippen molar-refractivity contribution >= 4 is 5.82 Å². The lowest BCUT2D eigenvalue weighted by molar-refractivity contribution is 0.545. The molecule has 2 aromatic rings.